The number of nitrogens with two attached hydrogens (primary N) is 1. The summed E-state index contributed by atoms with van der Waals surface area (Å²) in [4.78, 5) is 6.80. The van der Waals surface area contributed by atoms with E-state index < -0.39 is 0 Å². The summed E-state index contributed by atoms with van der Waals surface area (Å²) in [5.74, 6) is 0.626. The SMILES string of the molecule is CCCN1CCCC1c1cnc(N)cc1C. The Labute approximate surface area is 97.7 Å². The zero-order chi connectivity index (χ0) is 11.5. The Kier molecular flexibility index (Phi) is 3.44. The Hall–Kier alpha value is -1.09. The number of nitrogen functional groups attached to an aromatic ring is 1. The summed E-state index contributed by atoms with van der Waals surface area (Å²) in [5, 5.41) is 0. The van der Waals surface area contributed by atoms with E-state index >= 15 is 0 Å². The molecule has 1 unspecified atom stereocenters. The van der Waals surface area contributed by atoms with Crippen molar-refractivity contribution in [1.29, 1.82) is 0 Å². The zero-order valence-corrected chi connectivity index (χ0v) is 10.2. The topological polar surface area (TPSA) is 42.2 Å². The molecule has 16 heavy (non-hydrogen) atoms. The van der Waals surface area contributed by atoms with Crippen LogP contribution in [0.1, 0.15) is 43.4 Å². The second-order valence-electron chi connectivity index (χ2n) is 4.66. The Morgan fingerprint density at radius 2 is 2.38 bits per heavy atom. The van der Waals surface area contributed by atoms with Crippen LogP contribution in [0.5, 0.6) is 0 Å². The Morgan fingerprint density at radius 1 is 1.56 bits per heavy atom. The largest absolute Gasteiger partial charge is 0.384 e. The Balaban J connectivity index is 2.22. The fourth-order valence-electron chi connectivity index (χ4n) is 2.67. The van der Waals surface area contributed by atoms with Crippen molar-refractivity contribution >= 4 is 5.82 Å². The monoisotopic (exact) mass is 219 g/mol. The maximum atomic E-state index is 5.69. The van der Waals surface area contributed by atoms with Crippen LogP contribution < -0.4 is 5.73 Å². The summed E-state index contributed by atoms with van der Waals surface area (Å²) in [5.41, 5.74) is 8.33. The molecule has 1 atom stereocenters. The first-order chi connectivity index (χ1) is 7.72. The van der Waals surface area contributed by atoms with Crippen LogP contribution in [0.4, 0.5) is 5.82 Å². The van der Waals surface area contributed by atoms with Crippen LogP contribution in [0, 0.1) is 6.92 Å². The lowest BCUT2D eigenvalue weighted by atomic mass is 10.0. The fraction of sp³-hybridized carbons (Fsp3) is 0.615. The molecule has 1 aromatic rings. The molecule has 2 rings (SSSR count). The third kappa shape index (κ3) is 2.19. The highest BCUT2D eigenvalue weighted by Gasteiger charge is 2.26. The van der Waals surface area contributed by atoms with Gasteiger partial charge in [-0.15, -0.1) is 0 Å². The van der Waals surface area contributed by atoms with Gasteiger partial charge in [-0.1, -0.05) is 6.92 Å². The highest BCUT2D eigenvalue weighted by Crippen LogP contribution is 2.33. The van der Waals surface area contributed by atoms with Gasteiger partial charge in [-0.25, -0.2) is 4.98 Å². The van der Waals surface area contributed by atoms with E-state index in [1.54, 1.807) is 0 Å². The number of pyridine rings is 1. The van der Waals surface area contributed by atoms with Crippen LogP contribution in [0.15, 0.2) is 12.3 Å². The van der Waals surface area contributed by atoms with Gasteiger partial charge >= 0.3 is 0 Å². The van der Waals surface area contributed by atoms with E-state index in [4.69, 9.17) is 5.73 Å². The molecule has 0 bridgehead atoms. The lowest BCUT2D eigenvalue weighted by Gasteiger charge is -2.25. The summed E-state index contributed by atoms with van der Waals surface area (Å²) < 4.78 is 0. The normalized spacial score (nSPS) is 21.5. The minimum Gasteiger partial charge on any atom is -0.384 e. The zero-order valence-electron chi connectivity index (χ0n) is 10.2. The van der Waals surface area contributed by atoms with E-state index in [0.717, 1.165) is 0 Å². The lowest BCUT2D eigenvalue weighted by molar-refractivity contribution is 0.257. The van der Waals surface area contributed by atoms with Crippen molar-refractivity contribution in [2.75, 3.05) is 18.8 Å². The molecular formula is C13H21N3. The predicted octanol–water partition coefficient (Wildman–Crippen LogP) is 2.52. The molecule has 88 valence electrons. The summed E-state index contributed by atoms with van der Waals surface area (Å²) in [6.45, 7) is 6.79. The molecule has 0 spiro atoms. The minimum atomic E-state index is 0.563. The van der Waals surface area contributed by atoms with E-state index in [-0.39, 0.29) is 0 Å². The number of hydrogen-bond acceptors (Lipinski definition) is 3. The molecule has 0 aromatic carbocycles. The van der Waals surface area contributed by atoms with Crippen molar-refractivity contribution < 1.29 is 0 Å². The van der Waals surface area contributed by atoms with Gasteiger partial charge in [0.1, 0.15) is 5.82 Å². The van der Waals surface area contributed by atoms with E-state index in [1.807, 2.05) is 12.3 Å². The van der Waals surface area contributed by atoms with Crippen molar-refractivity contribution in [3.63, 3.8) is 0 Å². The first-order valence-corrected chi connectivity index (χ1v) is 6.18. The second kappa shape index (κ2) is 4.83. The number of aromatic nitrogens is 1. The first-order valence-electron chi connectivity index (χ1n) is 6.18. The van der Waals surface area contributed by atoms with Gasteiger partial charge in [0.25, 0.3) is 0 Å². The van der Waals surface area contributed by atoms with Crippen LogP contribution >= 0.6 is 0 Å². The minimum absolute atomic E-state index is 0.563. The molecule has 2 N–H and O–H groups in total. The molecule has 1 fully saturated rings. The average molecular weight is 219 g/mol. The van der Waals surface area contributed by atoms with Gasteiger partial charge < -0.3 is 5.73 Å². The number of aryl methyl sites for hydroxylation is 1. The molecule has 1 aliphatic heterocycles. The highest BCUT2D eigenvalue weighted by molar-refractivity contribution is 5.37. The van der Waals surface area contributed by atoms with Crippen LogP contribution in [0.3, 0.4) is 0 Å². The predicted molar refractivity (Wildman–Crippen MR) is 67.2 cm³/mol. The Bertz CT molecular complexity index is 362. The number of anilines is 1. The third-order valence-electron chi connectivity index (χ3n) is 3.41. The van der Waals surface area contributed by atoms with Crippen molar-refractivity contribution in [2.45, 2.75) is 39.2 Å². The van der Waals surface area contributed by atoms with Gasteiger partial charge in [-0.05, 0) is 56.5 Å². The number of likely N-dealkylation sites (tertiary alicyclic amines) is 1. The van der Waals surface area contributed by atoms with Crippen molar-refractivity contribution in [1.82, 2.24) is 9.88 Å². The number of nitrogens with zero attached hydrogens (tertiary/aromatic N) is 2. The molecular weight excluding hydrogens is 198 g/mol. The summed E-state index contributed by atoms with van der Waals surface area (Å²) in [6.07, 6.45) is 5.74. The molecule has 0 saturated carbocycles. The maximum Gasteiger partial charge on any atom is 0.123 e. The molecule has 1 aromatic heterocycles. The standard InChI is InChI=1S/C13H21N3/c1-3-6-16-7-4-5-12(16)11-9-15-13(14)8-10(11)2/h8-9,12H,3-7H2,1-2H3,(H2,14,15). The van der Waals surface area contributed by atoms with Gasteiger partial charge in [-0.2, -0.15) is 0 Å². The van der Waals surface area contributed by atoms with Gasteiger partial charge in [0.15, 0.2) is 0 Å². The molecule has 0 radical (unpaired) electrons. The van der Waals surface area contributed by atoms with Crippen LogP contribution in [-0.4, -0.2) is 23.0 Å². The second-order valence-corrected chi connectivity index (χ2v) is 4.66. The van der Waals surface area contributed by atoms with Gasteiger partial charge in [0, 0.05) is 12.2 Å². The van der Waals surface area contributed by atoms with Crippen LogP contribution in [0.25, 0.3) is 0 Å². The van der Waals surface area contributed by atoms with Crippen molar-refractivity contribution in [3.8, 4) is 0 Å². The van der Waals surface area contributed by atoms with Gasteiger partial charge in [-0.3, -0.25) is 4.90 Å². The lowest BCUT2D eigenvalue weighted by Crippen LogP contribution is -2.24. The Morgan fingerprint density at radius 3 is 3.06 bits per heavy atom. The van der Waals surface area contributed by atoms with E-state index in [2.05, 4.69) is 23.7 Å². The van der Waals surface area contributed by atoms with Gasteiger partial charge in [0.2, 0.25) is 0 Å². The molecule has 2 heterocycles. The molecule has 3 nitrogen and oxygen atoms in total. The first kappa shape index (κ1) is 11.4. The molecule has 1 saturated heterocycles. The third-order valence-corrected chi connectivity index (χ3v) is 3.41. The van der Waals surface area contributed by atoms with Crippen LogP contribution in [0.2, 0.25) is 0 Å². The fourth-order valence-corrected chi connectivity index (χ4v) is 2.67. The summed E-state index contributed by atoms with van der Waals surface area (Å²) in [6, 6.07) is 2.55. The summed E-state index contributed by atoms with van der Waals surface area (Å²) in [7, 11) is 0. The number of rotatable bonds is 3. The molecule has 1 aliphatic rings. The molecule has 3 heteroatoms. The maximum absolute atomic E-state index is 5.69. The smallest absolute Gasteiger partial charge is 0.123 e. The van der Waals surface area contributed by atoms with Gasteiger partial charge in [0.05, 0.1) is 0 Å². The average Bonchev–Trinajstić information content (AvgIpc) is 2.67. The van der Waals surface area contributed by atoms with E-state index in [1.165, 1.54) is 43.5 Å². The number of hydrogen-bond donors (Lipinski definition) is 1. The van der Waals surface area contributed by atoms with Crippen molar-refractivity contribution in [3.05, 3.63) is 23.4 Å². The van der Waals surface area contributed by atoms with E-state index in [0.29, 0.717) is 11.9 Å². The van der Waals surface area contributed by atoms with Crippen molar-refractivity contribution in [2.24, 2.45) is 0 Å². The van der Waals surface area contributed by atoms with Crippen LogP contribution in [-0.2, 0) is 0 Å². The molecule has 0 amide bonds. The quantitative estimate of drug-likeness (QED) is 0.849. The highest BCUT2D eigenvalue weighted by atomic mass is 15.2. The molecule has 0 aliphatic carbocycles. The van der Waals surface area contributed by atoms with E-state index in [9.17, 15) is 0 Å². The summed E-state index contributed by atoms with van der Waals surface area (Å²) >= 11 is 0.